The van der Waals surface area contributed by atoms with Gasteiger partial charge in [0, 0.05) is 19.3 Å². The molecule has 1 aliphatic rings. The fourth-order valence-corrected chi connectivity index (χ4v) is 2.26. The number of carbonyl (C=O) groups is 3. The highest BCUT2D eigenvalue weighted by atomic mass is 16.4. The Morgan fingerprint density at radius 2 is 2.19 bits per heavy atom. The zero-order chi connectivity index (χ0) is 15.4. The first kappa shape index (κ1) is 14.8. The van der Waals surface area contributed by atoms with Crippen molar-refractivity contribution in [3.8, 4) is 0 Å². The van der Waals surface area contributed by atoms with Crippen LogP contribution < -0.4 is 11.1 Å². The van der Waals surface area contributed by atoms with Crippen molar-refractivity contribution in [2.24, 2.45) is 11.7 Å². The highest BCUT2D eigenvalue weighted by molar-refractivity contribution is 5.98. The van der Waals surface area contributed by atoms with Gasteiger partial charge in [-0.1, -0.05) is 0 Å². The standard InChI is InChI=1S/C13H16N4O4/c14-11(18)8-3-2-6-17(7-8)13(21)16-9-4-1-5-15-10(9)12(19)20/h1,4-5,8H,2-3,6-7H2,(H2,14,18)(H,16,21)(H,19,20). The Bertz CT molecular complexity index is 575. The van der Waals surface area contributed by atoms with E-state index in [9.17, 15) is 14.4 Å². The van der Waals surface area contributed by atoms with E-state index in [2.05, 4.69) is 10.3 Å². The van der Waals surface area contributed by atoms with Gasteiger partial charge in [-0.3, -0.25) is 4.79 Å². The molecule has 0 radical (unpaired) electrons. The van der Waals surface area contributed by atoms with Crippen LogP contribution in [0.5, 0.6) is 0 Å². The van der Waals surface area contributed by atoms with Crippen molar-refractivity contribution < 1.29 is 19.5 Å². The van der Waals surface area contributed by atoms with Crippen LogP contribution in [0.2, 0.25) is 0 Å². The van der Waals surface area contributed by atoms with Crippen molar-refractivity contribution in [2.75, 3.05) is 18.4 Å². The number of nitrogens with one attached hydrogen (secondary N) is 1. The van der Waals surface area contributed by atoms with Gasteiger partial charge in [-0.15, -0.1) is 0 Å². The van der Waals surface area contributed by atoms with Crippen LogP contribution in [0.15, 0.2) is 18.3 Å². The monoisotopic (exact) mass is 292 g/mol. The van der Waals surface area contributed by atoms with E-state index in [1.165, 1.54) is 23.2 Å². The quantitative estimate of drug-likeness (QED) is 0.748. The second-order valence-corrected chi connectivity index (χ2v) is 4.82. The molecule has 21 heavy (non-hydrogen) atoms. The van der Waals surface area contributed by atoms with Gasteiger partial charge in [-0.05, 0) is 25.0 Å². The van der Waals surface area contributed by atoms with Gasteiger partial charge in [0.2, 0.25) is 5.91 Å². The minimum atomic E-state index is -1.22. The van der Waals surface area contributed by atoms with Crippen molar-refractivity contribution in [3.63, 3.8) is 0 Å². The van der Waals surface area contributed by atoms with Crippen LogP contribution in [0.25, 0.3) is 0 Å². The normalized spacial score (nSPS) is 18.1. The maximum atomic E-state index is 12.2. The van der Waals surface area contributed by atoms with Crippen molar-refractivity contribution in [1.82, 2.24) is 9.88 Å². The second-order valence-electron chi connectivity index (χ2n) is 4.82. The summed E-state index contributed by atoms with van der Waals surface area (Å²) in [7, 11) is 0. The SMILES string of the molecule is NC(=O)C1CCCN(C(=O)Nc2cccnc2C(=O)O)C1. The molecule has 1 aliphatic heterocycles. The summed E-state index contributed by atoms with van der Waals surface area (Å²) in [6, 6.07) is 2.53. The fraction of sp³-hybridized carbons (Fsp3) is 0.385. The molecule has 4 N–H and O–H groups in total. The Morgan fingerprint density at radius 3 is 2.86 bits per heavy atom. The first-order chi connectivity index (χ1) is 9.99. The average Bonchev–Trinajstić information content (AvgIpc) is 2.47. The van der Waals surface area contributed by atoms with Crippen LogP contribution in [0.1, 0.15) is 23.3 Å². The lowest BCUT2D eigenvalue weighted by atomic mass is 9.98. The number of urea groups is 1. The van der Waals surface area contributed by atoms with E-state index in [0.29, 0.717) is 19.4 Å². The molecule has 8 nitrogen and oxygen atoms in total. The minimum absolute atomic E-state index is 0.121. The Kier molecular flexibility index (Phi) is 4.36. The van der Waals surface area contributed by atoms with Gasteiger partial charge < -0.3 is 21.1 Å². The fourth-order valence-electron chi connectivity index (χ4n) is 2.26. The zero-order valence-electron chi connectivity index (χ0n) is 11.3. The number of aromatic nitrogens is 1. The molecule has 2 rings (SSSR count). The number of primary amides is 1. The predicted octanol–water partition coefficient (Wildman–Crippen LogP) is 0.509. The number of carboxylic acids is 1. The molecule has 0 aromatic carbocycles. The van der Waals surface area contributed by atoms with E-state index in [-0.39, 0.29) is 23.8 Å². The summed E-state index contributed by atoms with van der Waals surface area (Å²) >= 11 is 0. The van der Waals surface area contributed by atoms with Crippen molar-refractivity contribution in [2.45, 2.75) is 12.8 Å². The van der Waals surface area contributed by atoms with Crippen LogP contribution in [0.3, 0.4) is 0 Å². The van der Waals surface area contributed by atoms with E-state index < -0.39 is 17.9 Å². The third-order valence-corrected chi connectivity index (χ3v) is 3.36. The Hall–Kier alpha value is -2.64. The lowest BCUT2D eigenvalue weighted by Gasteiger charge is -2.31. The van der Waals surface area contributed by atoms with Gasteiger partial charge in [-0.25, -0.2) is 14.6 Å². The van der Waals surface area contributed by atoms with Gasteiger partial charge in [0.1, 0.15) is 0 Å². The molecule has 0 aliphatic carbocycles. The summed E-state index contributed by atoms with van der Waals surface area (Å²) in [4.78, 5) is 39.6. The molecular formula is C13H16N4O4. The Morgan fingerprint density at radius 1 is 1.43 bits per heavy atom. The average molecular weight is 292 g/mol. The number of anilines is 1. The number of carbonyl (C=O) groups excluding carboxylic acids is 2. The summed E-state index contributed by atoms with van der Waals surface area (Å²) in [5.41, 5.74) is 5.15. The number of pyridine rings is 1. The predicted molar refractivity (Wildman–Crippen MR) is 73.7 cm³/mol. The zero-order valence-corrected chi connectivity index (χ0v) is 11.3. The topological polar surface area (TPSA) is 126 Å². The number of likely N-dealkylation sites (tertiary alicyclic amines) is 1. The van der Waals surface area contributed by atoms with Gasteiger partial charge in [-0.2, -0.15) is 0 Å². The summed E-state index contributed by atoms with van der Waals surface area (Å²) < 4.78 is 0. The molecular weight excluding hydrogens is 276 g/mol. The number of carboxylic acid groups (broad SMARTS) is 1. The van der Waals surface area contributed by atoms with Gasteiger partial charge >= 0.3 is 12.0 Å². The number of nitrogens with two attached hydrogens (primary N) is 1. The number of aromatic carboxylic acids is 1. The molecule has 1 atom stereocenters. The van der Waals surface area contributed by atoms with Crippen LogP contribution in [0.4, 0.5) is 10.5 Å². The van der Waals surface area contributed by atoms with Crippen LogP contribution in [-0.4, -0.2) is 46.0 Å². The lowest BCUT2D eigenvalue weighted by molar-refractivity contribution is -0.123. The lowest BCUT2D eigenvalue weighted by Crippen LogP contribution is -2.45. The van der Waals surface area contributed by atoms with E-state index in [0.717, 1.165) is 0 Å². The van der Waals surface area contributed by atoms with E-state index in [1.807, 2.05) is 0 Å². The highest BCUT2D eigenvalue weighted by Crippen LogP contribution is 2.18. The third-order valence-electron chi connectivity index (χ3n) is 3.36. The van der Waals surface area contributed by atoms with Crippen molar-refractivity contribution in [3.05, 3.63) is 24.0 Å². The van der Waals surface area contributed by atoms with E-state index in [4.69, 9.17) is 10.8 Å². The molecule has 1 aromatic heterocycles. The van der Waals surface area contributed by atoms with Crippen molar-refractivity contribution in [1.29, 1.82) is 0 Å². The number of hydrogen-bond donors (Lipinski definition) is 3. The van der Waals surface area contributed by atoms with Gasteiger partial charge in [0.15, 0.2) is 5.69 Å². The highest BCUT2D eigenvalue weighted by Gasteiger charge is 2.27. The van der Waals surface area contributed by atoms with E-state index >= 15 is 0 Å². The molecule has 0 spiro atoms. The Labute approximate surface area is 120 Å². The largest absolute Gasteiger partial charge is 0.476 e. The molecule has 8 heteroatoms. The number of nitrogens with zero attached hydrogens (tertiary/aromatic N) is 2. The summed E-state index contributed by atoms with van der Waals surface area (Å²) in [6.07, 6.45) is 2.68. The maximum Gasteiger partial charge on any atom is 0.356 e. The van der Waals surface area contributed by atoms with E-state index in [1.54, 1.807) is 0 Å². The smallest absolute Gasteiger partial charge is 0.356 e. The number of amides is 3. The second kappa shape index (κ2) is 6.21. The molecule has 1 aromatic rings. The molecule has 0 saturated carbocycles. The van der Waals surface area contributed by atoms with Crippen LogP contribution in [0, 0.1) is 5.92 Å². The molecule has 1 unspecified atom stereocenters. The number of rotatable bonds is 3. The minimum Gasteiger partial charge on any atom is -0.476 e. The molecule has 112 valence electrons. The van der Waals surface area contributed by atoms with Gasteiger partial charge in [0.25, 0.3) is 0 Å². The number of hydrogen-bond acceptors (Lipinski definition) is 4. The van der Waals surface area contributed by atoms with Crippen LogP contribution >= 0.6 is 0 Å². The summed E-state index contributed by atoms with van der Waals surface area (Å²) in [5.74, 6) is -2.02. The maximum absolute atomic E-state index is 12.2. The first-order valence-electron chi connectivity index (χ1n) is 6.52. The Balaban J connectivity index is 2.08. The van der Waals surface area contributed by atoms with Crippen molar-refractivity contribution >= 4 is 23.6 Å². The van der Waals surface area contributed by atoms with Gasteiger partial charge in [0.05, 0.1) is 11.6 Å². The van der Waals surface area contributed by atoms with Crippen LogP contribution in [-0.2, 0) is 4.79 Å². The summed E-state index contributed by atoms with van der Waals surface area (Å²) in [6.45, 7) is 0.738. The molecule has 0 bridgehead atoms. The summed E-state index contributed by atoms with van der Waals surface area (Å²) in [5, 5.41) is 11.5. The molecule has 1 saturated heterocycles. The third kappa shape index (κ3) is 3.47. The number of piperidine rings is 1. The molecule has 2 heterocycles. The molecule has 1 fully saturated rings. The first-order valence-corrected chi connectivity index (χ1v) is 6.52. The molecule has 3 amide bonds.